The van der Waals surface area contributed by atoms with E-state index in [0.29, 0.717) is 12.8 Å². The lowest BCUT2D eigenvalue weighted by Gasteiger charge is -2.40. The van der Waals surface area contributed by atoms with Crippen LogP contribution >= 0.6 is 0 Å². The molecule has 0 bridgehead atoms. The van der Waals surface area contributed by atoms with Crippen LogP contribution in [0.15, 0.2) is 12.2 Å². The number of rotatable bonds is 43. The second-order valence-electron chi connectivity index (χ2n) is 18.2. The van der Waals surface area contributed by atoms with E-state index in [1.54, 1.807) is 0 Å². The molecule has 1 aliphatic rings. The van der Waals surface area contributed by atoms with Crippen molar-refractivity contribution in [1.29, 1.82) is 0 Å². The maximum Gasteiger partial charge on any atom is 0.249 e. The Hall–Kier alpha value is -1.15. The normalized spacial score (nSPS) is 21.5. The van der Waals surface area contributed by atoms with Crippen LogP contribution in [0.2, 0.25) is 0 Å². The lowest BCUT2D eigenvalue weighted by Crippen LogP contribution is -2.60. The molecule has 0 spiro atoms. The zero-order valence-corrected chi connectivity index (χ0v) is 39.2. The molecule has 0 aromatic carbocycles. The number of amides is 1. The summed E-state index contributed by atoms with van der Waals surface area (Å²) in [5.41, 5.74) is 0. The molecule has 0 aromatic heterocycles. The number of ether oxygens (including phenoxy) is 2. The van der Waals surface area contributed by atoms with Gasteiger partial charge in [-0.15, -0.1) is 0 Å². The van der Waals surface area contributed by atoms with Gasteiger partial charge >= 0.3 is 0 Å². The van der Waals surface area contributed by atoms with E-state index in [1.807, 2.05) is 0 Å². The van der Waals surface area contributed by atoms with Crippen molar-refractivity contribution in [2.75, 3.05) is 13.2 Å². The van der Waals surface area contributed by atoms with Crippen molar-refractivity contribution < 1.29 is 50.0 Å². The fraction of sp³-hybridized carbons (Fsp3) is 0.940. The van der Waals surface area contributed by atoms with Crippen LogP contribution < -0.4 is 5.32 Å². The first-order chi connectivity index (χ1) is 29.7. The Kier molecular flexibility index (Phi) is 38.3. The average molecular weight is 872 g/mol. The molecular weight excluding hydrogens is 775 g/mol. The van der Waals surface area contributed by atoms with E-state index in [1.165, 1.54) is 154 Å². The van der Waals surface area contributed by atoms with Crippen molar-refractivity contribution in [3.05, 3.63) is 12.2 Å². The van der Waals surface area contributed by atoms with Gasteiger partial charge in [0.05, 0.1) is 25.4 Å². The monoisotopic (exact) mass is 872 g/mol. The van der Waals surface area contributed by atoms with Gasteiger partial charge in [0.25, 0.3) is 0 Å². The number of aliphatic hydroxyl groups excluding tert-OH is 7. The number of nitrogens with one attached hydrogen (secondary N) is 1. The molecule has 1 rings (SSSR count). The van der Waals surface area contributed by atoms with Crippen LogP contribution in [0.4, 0.5) is 0 Å². The van der Waals surface area contributed by atoms with E-state index in [9.17, 15) is 40.5 Å². The molecule has 11 heteroatoms. The van der Waals surface area contributed by atoms with Gasteiger partial charge in [0.15, 0.2) is 6.29 Å². The summed E-state index contributed by atoms with van der Waals surface area (Å²) >= 11 is 0. The highest BCUT2D eigenvalue weighted by Gasteiger charge is 2.44. The molecule has 0 aliphatic carbocycles. The summed E-state index contributed by atoms with van der Waals surface area (Å²) in [6.07, 6.45) is 32.7. The molecule has 1 heterocycles. The molecule has 1 aliphatic heterocycles. The topological polar surface area (TPSA) is 189 Å². The van der Waals surface area contributed by atoms with Crippen LogP contribution in [0, 0.1) is 0 Å². The van der Waals surface area contributed by atoms with E-state index >= 15 is 0 Å². The Morgan fingerprint density at radius 3 is 1.41 bits per heavy atom. The SMILES string of the molecule is CCCCCCCCC/C=C\CCC[C@@H](O)[C@@H](O)[C@H](CO[C@@H]1O[C@H](CO)[C@@H](O)C(O)C1O)NC(=O)[C@H](O)CCCCCCCCCCCCCCCCCCCCCCCC. The number of allylic oxidation sites excluding steroid dienone is 2. The maximum absolute atomic E-state index is 13.1. The van der Waals surface area contributed by atoms with Crippen LogP contribution in [0.3, 0.4) is 0 Å². The first-order valence-electron chi connectivity index (χ1n) is 25.6. The Bertz CT molecular complexity index is 1000. The summed E-state index contributed by atoms with van der Waals surface area (Å²) in [4.78, 5) is 13.1. The van der Waals surface area contributed by atoms with Gasteiger partial charge in [-0.25, -0.2) is 0 Å². The number of unbranched alkanes of at least 4 members (excludes halogenated alkanes) is 29. The molecule has 0 radical (unpaired) electrons. The first kappa shape index (κ1) is 57.9. The fourth-order valence-corrected chi connectivity index (χ4v) is 8.32. The van der Waals surface area contributed by atoms with E-state index in [-0.39, 0.29) is 12.8 Å². The zero-order valence-electron chi connectivity index (χ0n) is 39.2. The second-order valence-corrected chi connectivity index (χ2v) is 18.2. The van der Waals surface area contributed by atoms with Crippen molar-refractivity contribution in [1.82, 2.24) is 5.32 Å². The molecule has 362 valence electrons. The third kappa shape index (κ3) is 29.8. The zero-order chi connectivity index (χ0) is 44.8. The molecule has 0 saturated carbocycles. The van der Waals surface area contributed by atoms with Gasteiger partial charge in [-0.05, 0) is 38.5 Å². The Morgan fingerprint density at radius 1 is 0.557 bits per heavy atom. The molecule has 1 saturated heterocycles. The van der Waals surface area contributed by atoms with Gasteiger partial charge in [-0.3, -0.25) is 4.79 Å². The number of hydrogen-bond donors (Lipinski definition) is 8. The van der Waals surface area contributed by atoms with Crippen LogP contribution in [0.5, 0.6) is 0 Å². The van der Waals surface area contributed by atoms with Gasteiger partial charge in [-0.1, -0.05) is 206 Å². The summed E-state index contributed by atoms with van der Waals surface area (Å²) in [5, 5.41) is 75.7. The van der Waals surface area contributed by atoms with Crippen molar-refractivity contribution in [3.63, 3.8) is 0 Å². The summed E-state index contributed by atoms with van der Waals surface area (Å²) in [5.74, 6) is -0.703. The molecule has 8 N–H and O–H groups in total. The fourth-order valence-electron chi connectivity index (χ4n) is 8.32. The Labute approximate surface area is 372 Å². The van der Waals surface area contributed by atoms with Crippen LogP contribution in [0.1, 0.15) is 232 Å². The average Bonchev–Trinajstić information content (AvgIpc) is 3.26. The highest BCUT2D eigenvalue weighted by atomic mass is 16.7. The van der Waals surface area contributed by atoms with Crippen molar-refractivity contribution in [3.8, 4) is 0 Å². The molecular formula is C50H97NO10. The van der Waals surface area contributed by atoms with Gasteiger partial charge in [0.2, 0.25) is 5.91 Å². The predicted molar refractivity (Wildman–Crippen MR) is 247 cm³/mol. The highest BCUT2D eigenvalue weighted by molar-refractivity contribution is 5.80. The molecule has 0 aromatic rings. The third-order valence-electron chi connectivity index (χ3n) is 12.6. The summed E-state index contributed by atoms with van der Waals surface area (Å²) in [7, 11) is 0. The standard InChI is InChI=1S/C50H97NO10/c1-3-5-7-9-11-13-15-17-18-19-20-21-22-23-24-25-26-28-30-32-34-36-38-43(54)49(59)51-41(40-60-50-48(58)47(57)46(56)44(39-52)61-50)45(55)42(53)37-35-33-31-29-27-16-14-12-10-8-6-4-2/h29,31,41-48,50,52-58H,3-28,30,32-40H2,1-2H3,(H,51,59)/b31-29-/t41-,42+,43+,44+,45-,46+,47?,48?,50+/m0/s1. The van der Waals surface area contributed by atoms with Crippen molar-refractivity contribution in [2.45, 2.75) is 287 Å². The minimum Gasteiger partial charge on any atom is -0.394 e. The molecule has 9 atom stereocenters. The Morgan fingerprint density at radius 2 is 0.967 bits per heavy atom. The van der Waals surface area contributed by atoms with E-state index in [0.717, 1.165) is 38.5 Å². The predicted octanol–water partition coefficient (Wildman–Crippen LogP) is 9.23. The lowest BCUT2D eigenvalue weighted by atomic mass is 9.98. The minimum atomic E-state index is -1.66. The van der Waals surface area contributed by atoms with Gasteiger partial charge in [0.1, 0.15) is 36.6 Å². The third-order valence-corrected chi connectivity index (χ3v) is 12.6. The highest BCUT2D eigenvalue weighted by Crippen LogP contribution is 2.23. The number of hydrogen-bond acceptors (Lipinski definition) is 10. The molecule has 2 unspecified atom stereocenters. The molecule has 1 amide bonds. The smallest absolute Gasteiger partial charge is 0.249 e. The first-order valence-corrected chi connectivity index (χ1v) is 25.6. The van der Waals surface area contributed by atoms with Crippen molar-refractivity contribution in [2.24, 2.45) is 0 Å². The molecule has 11 nitrogen and oxygen atoms in total. The van der Waals surface area contributed by atoms with Crippen LogP contribution in [-0.4, -0.2) is 110 Å². The van der Waals surface area contributed by atoms with E-state index in [2.05, 4.69) is 31.3 Å². The van der Waals surface area contributed by atoms with Gasteiger partial charge < -0.3 is 50.5 Å². The van der Waals surface area contributed by atoms with E-state index in [4.69, 9.17) is 9.47 Å². The number of carbonyl (C=O) groups is 1. The van der Waals surface area contributed by atoms with Gasteiger partial charge in [-0.2, -0.15) is 0 Å². The number of carbonyl (C=O) groups excluding carboxylic acids is 1. The number of aliphatic hydroxyl groups is 7. The molecule has 61 heavy (non-hydrogen) atoms. The maximum atomic E-state index is 13.1. The summed E-state index contributed by atoms with van der Waals surface area (Å²) in [6, 6.07) is -1.18. The van der Waals surface area contributed by atoms with Crippen LogP contribution in [0.25, 0.3) is 0 Å². The molecule has 1 fully saturated rings. The minimum absolute atomic E-state index is 0.259. The van der Waals surface area contributed by atoms with Gasteiger partial charge in [0, 0.05) is 0 Å². The summed E-state index contributed by atoms with van der Waals surface area (Å²) in [6.45, 7) is 3.43. The lowest BCUT2D eigenvalue weighted by molar-refractivity contribution is -0.303. The van der Waals surface area contributed by atoms with E-state index < -0.39 is 74.2 Å². The second kappa shape index (κ2) is 40.4. The Balaban J connectivity index is 2.35. The quantitative estimate of drug-likeness (QED) is 0.0217. The van der Waals surface area contributed by atoms with Crippen molar-refractivity contribution >= 4 is 5.91 Å². The summed E-state index contributed by atoms with van der Waals surface area (Å²) < 4.78 is 11.1. The van der Waals surface area contributed by atoms with Crippen LogP contribution in [-0.2, 0) is 14.3 Å². The largest absolute Gasteiger partial charge is 0.394 e.